The normalized spacial score (nSPS) is 11.9. The number of aliphatic imine (C=N–C) groups is 1. The van der Waals surface area contributed by atoms with E-state index in [2.05, 4.69) is 4.99 Å². The maximum absolute atomic E-state index is 6.03. The molecule has 0 atom stereocenters. The molecule has 0 N–H and O–H groups in total. The van der Waals surface area contributed by atoms with Crippen molar-refractivity contribution in [1.29, 1.82) is 0 Å². The fraction of sp³-hybridized carbons (Fsp3) is 0.0870. The fourth-order valence-corrected chi connectivity index (χ4v) is 2.24. The highest BCUT2D eigenvalue weighted by molar-refractivity contribution is 5.96. The van der Waals surface area contributed by atoms with E-state index in [4.69, 9.17) is 9.47 Å². The second kappa shape index (κ2) is 8.67. The molecule has 0 saturated heterocycles. The van der Waals surface area contributed by atoms with Crippen molar-refractivity contribution in [3.8, 4) is 11.5 Å². The van der Waals surface area contributed by atoms with Crippen molar-refractivity contribution in [2.45, 2.75) is 13.8 Å². The number of ether oxygens (including phenoxy) is 2. The molecule has 3 nitrogen and oxygen atoms in total. The lowest BCUT2D eigenvalue weighted by molar-refractivity contribution is 0.473. The molecule has 3 aromatic rings. The van der Waals surface area contributed by atoms with Gasteiger partial charge in [-0.25, -0.2) is 4.99 Å². The van der Waals surface area contributed by atoms with Gasteiger partial charge in [-0.05, 0) is 50.2 Å². The predicted octanol–water partition coefficient (Wildman–Crippen LogP) is 6.09. The van der Waals surface area contributed by atoms with Crippen molar-refractivity contribution in [3.05, 3.63) is 102 Å². The summed E-state index contributed by atoms with van der Waals surface area (Å²) in [4.78, 5) is 4.63. The molecule has 3 heteroatoms. The summed E-state index contributed by atoms with van der Waals surface area (Å²) in [6.07, 6.45) is 1.66. The van der Waals surface area contributed by atoms with Crippen LogP contribution in [0.25, 0.3) is 0 Å². The third-order valence-corrected chi connectivity index (χ3v) is 3.67. The molecule has 0 unspecified atom stereocenters. The van der Waals surface area contributed by atoms with E-state index in [0.29, 0.717) is 5.90 Å². The van der Waals surface area contributed by atoms with Crippen molar-refractivity contribution in [3.63, 3.8) is 0 Å². The van der Waals surface area contributed by atoms with Crippen LogP contribution < -0.4 is 9.47 Å². The summed E-state index contributed by atoms with van der Waals surface area (Å²) in [5.74, 6) is 2.00. The Hall–Kier alpha value is -3.33. The molecule has 0 aromatic heterocycles. The molecular weight excluding hydrogens is 322 g/mol. The molecule has 3 aromatic carbocycles. The third kappa shape index (κ3) is 5.08. The number of benzene rings is 3. The van der Waals surface area contributed by atoms with Crippen LogP contribution in [0.3, 0.4) is 0 Å². The van der Waals surface area contributed by atoms with Crippen LogP contribution in [0.2, 0.25) is 0 Å². The average molecular weight is 343 g/mol. The van der Waals surface area contributed by atoms with E-state index in [1.54, 1.807) is 6.26 Å². The van der Waals surface area contributed by atoms with Crippen LogP contribution in [-0.2, 0) is 0 Å². The van der Waals surface area contributed by atoms with Crippen molar-refractivity contribution < 1.29 is 9.47 Å². The monoisotopic (exact) mass is 343 g/mol. The van der Waals surface area contributed by atoms with Gasteiger partial charge in [0.25, 0.3) is 0 Å². The van der Waals surface area contributed by atoms with Gasteiger partial charge in [-0.3, -0.25) is 0 Å². The Morgan fingerprint density at radius 3 is 2.04 bits per heavy atom. The van der Waals surface area contributed by atoms with Crippen LogP contribution in [-0.4, -0.2) is 5.90 Å². The molecule has 0 aliphatic carbocycles. The maximum atomic E-state index is 6.03. The summed E-state index contributed by atoms with van der Waals surface area (Å²) in [6.45, 7) is 3.96. The van der Waals surface area contributed by atoms with Gasteiger partial charge in [0.1, 0.15) is 11.5 Å². The first-order valence-electron chi connectivity index (χ1n) is 8.48. The van der Waals surface area contributed by atoms with E-state index in [9.17, 15) is 0 Å². The van der Waals surface area contributed by atoms with Gasteiger partial charge in [0, 0.05) is 5.57 Å². The topological polar surface area (TPSA) is 30.8 Å². The summed E-state index contributed by atoms with van der Waals surface area (Å²) in [5.41, 5.74) is 2.79. The van der Waals surface area contributed by atoms with Crippen LogP contribution in [0.4, 0.5) is 5.69 Å². The van der Waals surface area contributed by atoms with E-state index in [0.717, 1.165) is 22.8 Å². The minimum atomic E-state index is 0.496. The van der Waals surface area contributed by atoms with Crippen LogP contribution in [0.1, 0.15) is 12.5 Å². The Labute approximate surface area is 154 Å². The lowest BCUT2D eigenvalue weighted by Gasteiger charge is -2.10. The molecule has 130 valence electrons. The Kier molecular flexibility index (Phi) is 5.84. The number of aryl methyl sites for hydroxylation is 1. The second-order valence-electron chi connectivity index (χ2n) is 5.90. The predicted molar refractivity (Wildman–Crippen MR) is 106 cm³/mol. The number of hydrogen-bond acceptors (Lipinski definition) is 3. The highest BCUT2D eigenvalue weighted by Gasteiger charge is 2.08. The van der Waals surface area contributed by atoms with Crippen LogP contribution in [0.15, 0.2) is 102 Å². The van der Waals surface area contributed by atoms with Gasteiger partial charge in [-0.1, -0.05) is 54.1 Å². The molecule has 0 aliphatic heterocycles. The highest BCUT2D eigenvalue weighted by Crippen LogP contribution is 2.18. The minimum absolute atomic E-state index is 0.496. The van der Waals surface area contributed by atoms with E-state index in [-0.39, 0.29) is 0 Å². The van der Waals surface area contributed by atoms with Gasteiger partial charge in [0.2, 0.25) is 5.90 Å². The minimum Gasteiger partial charge on any atom is -0.465 e. The van der Waals surface area contributed by atoms with Gasteiger partial charge in [-0.2, -0.15) is 0 Å². The molecule has 0 bridgehead atoms. The summed E-state index contributed by atoms with van der Waals surface area (Å²) in [6, 6.07) is 27.2. The van der Waals surface area contributed by atoms with Crippen molar-refractivity contribution in [1.82, 2.24) is 0 Å². The van der Waals surface area contributed by atoms with Crippen LogP contribution in [0, 0.1) is 6.92 Å². The molecule has 3 rings (SSSR count). The third-order valence-electron chi connectivity index (χ3n) is 3.67. The first-order valence-corrected chi connectivity index (χ1v) is 8.48. The summed E-state index contributed by atoms with van der Waals surface area (Å²) >= 11 is 0. The number of rotatable bonds is 5. The van der Waals surface area contributed by atoms with E-state index in [1.807, 2.05) is 98.8 Å². The fourth-order valence-electron chi connectivity index (χ4n) is 2.24. The molecule has 0 aliphatic rings. The Morgan fingerprint density at radius 2 is 1.38 bits per heavy atom. The van der Waals surface area contributed by atoms with Crippen molar-refractivity contribution in [2.75, 3.05) is 0 Å². The van der Waals surface area contributed by atoms with E-state index >= 15 is 0 Å². The standard InChI is InChI=1S/C23H21NO2/c1-18-13-15-22(16-14-18)26-23(24-20-9-5-3-6-10-20)19(2)17-25-21-11-7-4-8-12-21/h3-17H,1-2H3/b19-17+,24-23?. The quantitative estimate of drug-likeness (QED) is 0.319. The van der Waals surface area contributed by atoms with Crippen LogP contribution >= 0.6 is 0 Å². The maximum Gasteiger partial charge on any atom is 0.225 e. The summed E-state index contributed by atoms with van der Waals surface area (Å²) in [5, 5.41) is 0. The molecule has 0 fully saturated rings. The molecule has 0 spiro atoms. The first-order chi connectivity index (χ1) is 12.7. The zero-order valence-electron chi connectivity index (χ0n) is 14.9. The van der Waals surface area contributed by atoms with E-state index in [1.165, 1.54) is 5.56 Å². The molecular formula is C23H21NO2. The number of nitrogens with zero attached hydrogens (tertiary/aromatic N) is 1. The van der Waals surface area contributed by atoms with Crippen molar-refractivity contribution in [2.24, 2.45) is 4.99 Å². The summed E-state index contributed by atoms with van der Waals surface area (Å²) in [7, 11) is 0. The molecule has 0 amide bonds. The largest absolute Gasteiger partial charge is 0.465 e. The SMILES string of the molecule is C/C(=C\Oc1ccccc1)C(=Nc1ccccc1)Oc1ccc(C)cc1. The van der Waals surface area contributed by atoms with Gasteiger partial charge < -0.3 is 9.47 Å². The first kappa shape index (κ1) is 17.5. The molecule has 0 radical (unpaired) electrons. The Bertz CT molecular complexity index is 883. The smallest absolute Gasteiger partial charge is 0.225 e. The van der Waals surface area contributed by atoms with Crippen LogP contribution in [0.5, 0.6) is 11.5 Å². The number of hydrogen-bond donors (Lipinski definition) is 0. The molecule has 0 heterocycles. The van der Waals surface area contributed by atoms with Gasteiger partial charge in [0.15, 0.2) is 0 Å². The van der Waals surface area contributed by atoms with Crippen molar-refractivity contribution >= 4 is 11.6 Å². The number of para-hydroxylation sites is 2. The van der Waals surface area contributed by atoms with Gasteiger partial charge >= 0.3 is 0 Å². The van der Waals surface area contributed by atoms with Gasteiger partial charge in [0.05, 0.1) is 11.9 Å². The van der Waals surface area contributed by atoms with E-state index < -0.39 is 0 Å². The van der Waals surface area contributed by atoms with Gasteiger partial charge in [-0.15, -0.1) is 0 Å². The lowest BCUT2D eigenvalue weighted by atomic mass is 10.2. The summed E-state index contributed by atoms with van der Waals surface area (Å²) < 4.78 is 11.7. The highest BCUT2D eigenvalue weighted by atomic mass is 16.5. The molecule has 26 heavy (non-hydrogen) atoms. The lowest BCUT2D eigenvalue weighted by Crippen LogP contribution is -2.10. The zero-order valence-corrected chi connectivity index (χ0v) is 14.9. The zero-order chi connectivity index (χ0) is 18.2. The average Bonchev–Trinajstić information content (AvgIpc) is 2.69. The molecule has 0 saturated carbocycles. The second-order valence-corrected chi connectivity index (χ2v) is 5.90. The Morgan fingerprint density at radius 1 is 0.769 bits per heavy atom. The Balaban J connectivity index is 1.86.